The Kier molecular flexibility index (Phi) is 3.73. The van der Waals surface area contributed by atoms with Crippen LogP contribution in [0.5, 0.6) is 5.75 Å². The van der Waals surface area contributed by atoms with Gasteiger partial charge in [0, 0.05) is 5.02 Å². The second kappa shape index (κ2) is 4.83. The molecule has 1 unspecified atom stereocenters. The maximum Gasteiger partial charge on any atom is 0.516 e. The van der Waals surface area contributed by atoms with Crippen LogP contribution in [0.2, 0.25) is 5.02 Å². The molecule has 1 aromatic rings. The summed E-state index contributed by atoms with van der Waals surface area (Å²) in [5.41, 5.74) is 0. The molecule has 0 spiro atoms. The molecule has 1 aromatic carbocycles. The SMILES string of the molecule is CC(O)OC(=O)Oc1ccc(Cl)cc1. The van der Waals surface area contributed by atoms with Crippen LogP contribution in [0.15, 0.2) is 24.3 Å². The van der Waals surface area contributed by atoms with Crippen molar-refractivity contribution in [2.24, 2.45) is 0 Å². The number of aliphatic hydroxyl groups excluding tert-OH is 1. The van der Waals surface area contributed by atoms with Crippen molar-refractivity contribution in [3.05, 3.63) is 29.3 Å². The number of benzene rings is 1. The summed E-state index contributed by atoms with van der Waals surface area (Å²) in [6, 6.07) is 6.19. The first kappa shape index (κ1) is 10.8. The van der Waals surface area contributed by atoms with Crippen molar-refractivity contribution in [3.63, 3.8) is 0 Å². The molecule has 0 fully saturated rings. The van der Waals surface area contributed by atoms with Crippen molar-refractivity contribution in [1.29, 1.82) is 0 Å². The summed E-state index contributed by atoms with van der Waals surface area (Å²) in [6.07, 6.45) is -2.14. The molecule has 0 bridgehead atoms. The number of carbonyl (C=O) groups is 1. The summed E-state index contributed by atoms with van der Waals surface area (Å²) in [7, 11) is 0. The monoisotopic (exact) mass is 216 g/mol. The van der Waals surface area contributed by atoms with E-state index in [-0.39, 0.29) is 0 Å². The van der Waals surface area contributed by atoms with Gasteiger partial charge >= 0.3 is 6.16 Å². The molecule has 0 saturated carbocycles. The third-order valence-corrected chi connectivity index (χ3v) is 1.53. The van der Waals surface area contributed by atoms with Gasteiger partial charge in [-0.3, -0.25) is 0 Å². The van der Waals surface area contributed by atoms with Crippen LogP contribution in [0.25, 0.3) is 0 Å². The molecular weight excluding hydrogens is 208 g/mol. The molecule has 0 aromatic heterocycles. The fourth-order valence-corrected chi connectivity index (χ4v) is 0.888. The second-order valence-electron chi connectivity index (χ2n) is 2.52. The Hall–Kier alpha value is -1.26. The molecule has 1 rings (SSSR count). The fraction of sp³-hybridized carbons (Fsp3) is 0.222. The van der Waals surface area contributed by atoms with Crippen LogP contribution < -0.4 is 4.74 Å². The summed E-state index contributed by atoms with van der Waals surface area (Å²) >= 11 is 5.62. The predicted molar refractivity (Wildman–Crippen MR) is 50.2 cm³/mol. The lowest BCUT2D eigenvalue weighted by atomic mass is 10.3. The van der Waals surface area contributed by atoms with Gasteiger partial charge < -0.3 is 14.6 Å². The van der Waals surface area contributed by atoms with E-state index in [0.717, 1.165) is 0 Å². The third-order valence-electron chi connectivity index (χ3n) is 1.28. The fourth-order valence-electron chi connectivity index (χ4n) is 0.762. The number of aliphatic hydroxyl groups is 1. The molecule has 1 atom stereocenters. The van der Waals surface area contributed by atoms with Crippen molar-refractivity contribution in [2.45, 2.75) is 13.2 Å². The smallest absolute Gasteiger partial charge is 0.405 e. The topological polar surface area (TPSA) is 55.8 Å². The number of ether oxygens (including phenoxy) is 2. The van der Waals surface area contributed by atoms with Crippen LogP contribution in [-0.2, 0) is 4.74 Å². The van der Waals surface area contributed by atoms with Crippen LogP contribution in [0.3, 0.4) is 0 Å². The second-order valence-corrected chi connectivity index (χ2v) is 2.96. The van der Waals surface area contributed by atoms with Crippen molar-refractivity contribution in [3.8, 4) is 5.75 Å². The van der Waals surface area contributed by atoms with E-state index in [1.54, 1.807) is 12.1 Å². The Labute approximate surface area is 86.0 Å². The highest BCUT2D eigenvalue weighted by Crippen LogP contribution is 2.15. The maximum atomic E-state index is 10.9. The predicted octanol–water partition coefficient (Wildman–Crippen LogP) is 2.19. The van der Waals surface area contributed by atoms with E-state index in [1.165, 1.54) is 19.1 Å². The van der Waals surface area contributed by atoms with Gasteiger partial charge in [0.25, 0.3) is 0 Å². The van der Waals surface area contributed by atoms with Crippen molar-refractivity contribution < 1.29 is 19.4 Å². The molecule has 0 radical (unpaired) electrons. The van der Waals surface area contributed by atoms with E-state index < -0.39 is 12.4 Å². The van der Waals surface area contributed by atoms with E-state index in [2.05, 4.69) is 4.74 Å². The molecule has 0 heterocycles. The number of hydrogen-bond donors (Lipinski definition) is 1. The first-order chi connectivity index (χ1) is 6.58. The molecule has 0 saturated heterocycles. The number of carbonyl (C=O) groups excluding carboxylic acids is 1. The summed E-state index contributed by atoms with van der Waals surface area (Å²) in [6.45, 7) is 1.31. The minimum atomic E-state index is -1.19. The van der Waals surface area contributed by atoms with E-state index >= 15 is 0 Å². The van der Waals surface area contributed by atoms with E-state index in [9.17, 15) is 4.79 Å². The lowest BCUT2D eigenvalue weighted by molar-refractivity contribution is -0.0539. The standard InChI is InChI=1S/C9H9ClO4/c1-6(11)13-9(12)14-8-4-2-7(10)3-5-8/h2-6,11H,1H3. The summed E-state index contributed by atoms with van der Waals surface area (Å²) < 4.78 is 9.05. The van der Waals surface area contributed by atoms with Gasteiger partial charge in [0.05, 0.1) is 0 Å². The molecule has 4 nitrogen and oxygen atoms in total. The summed E-state index contributed by atoms with van der Waals surface area (Å²) in [5, 5.41) is 9.24. The Morgan fingerprint density at radius 2 is 2.00 bits per heavy atom. The molecule has 0 aliphatic rings. The van der Waals surface area contributed by atoms with E-state index in [0.29, 0.717) is 10.8 Å². The van der Waals surface area contributed by atoms with Crippen LogP contribution >= 0.6 is 11.6 Å². The lowest BCUT2D eigenvalue weighted by Gasteiger charge is -2.07. The zero-order valence-corrected chi connectivity index (χ0v) is 8.19. The minimum Gasteiger partial charge on any atom is -0.405 e. The van der Waals surface area contributed by atoms with Crippen molar-refractivity contribution in [1.82, 2.24) is 0 Å². The Balaban J connectivity index is 2.52. The van der Waals surface area contributed by atoms with Crippen LogP contribution in [0.4, 0.5) is 4.79 Å². The summed E-state index contributed by atoms with van der Waals surface area (Å²) in [4.78, 5) is 10.9. The van der Waals surface area contributed by atoms with Crippen LogP contribution in [0.1, 0.15) is 6.92 Å². The first-order valence-electron chi connectivity index (χ1n) is 3.90. The van der Waals surface area contributed by atoms with E-state index in [4.69, 9.17) is 21.4 Å². The minimum absolute atomic E-state index is 0.306. The average Bonchev–Trinajstić information content (AvgIpc) is 2.07. The molecule has 0 amide bonds. The molecule has 0 aliphatic heterocycles. The van der Waals surface area contributed by atoms with Gasteiger partial charge in [-0.2, -0.15) is 0 Å². The average molecular weight is 217 g/mol. The highest BCUT2D eigenvalue weighted by molar-refractivity contribution is 6.30. The lowest BCUT2D eigenvalue weighted by Crippen LogP contribution is -2.17. The maximum absolute atomic E-state index is 10.9. The van der Waals surface area contributed by atoms with E-state index in [1.807, 2.05) is 0 Å². The normalized spacial score (nSPS) is 11.9. The Morgan fingerprint density at radius 3 is 2.50 bits per heavy atom. The summed E-state index contributed by atoms with van der Waals surface area (Å²) in [5.74, 6) is 0.306. The molecule has 5 heteroatoms. The first-order valence-corrected chi connectivity index (χ1v) is 4.28. The Bertz CT molecular complexity index is 307. The molecule has 1 N–H and O–H groups in total. The van der Waals surface area contributed by atoms with Gasteiger partial charge in [0.2, 0.25) is 6.29 Å². The van der Waals surface area contributed by atoms with Gasteiger partial charge in [0.1, 0.15) is 5.75 Å². The highest BCUT2D eigenvalue weighted by atomic mass is 35.5. The Morgan fingerprint density at radius 1 is 1.43 bits per heavy atom. The number of rotatable bonds is 2. The van der Waals surface area contributed by atoms with Gasteiger partial charge in [-0.25, -0.2) is 4.79 Å². The van der Waals surface area contributed by atoms with Crippen molar-refractivity contribution >= 4 is 17.8 Å². The van der Waals surface area contributed by atoms with Crippen LogP contribution in [0, 0.1) is 0 Å². The van der Waals surface area contributed by atoms with Gasteiger partial charge in [0.15, 0.2) is 0 Å². The third kappa shape index (κ3) is 3.64. The quantitative estimate of drug-likeness (QED) is 0.468. The van der Waals surface area contributed by atoms with Gasteiger partial charge in [-0.15, -0.1) is 0 Å². The molecular formula is C9H9ClO4. The van der Waals surface area contributed by atoms with Gasteiger partial charge in [-0.1, -0.05) is 11.6 Å². The van der Waals surface area contributed by atoms with Crippen LogP contribution in [-0.4, -0.2) is 17.6 Å². The molecule has 0 aliphatic carbocycles. The van der Waals surface area contributed by atoms with Gasteiger partial charge in [-0.05, 0) is 31.2 Å². The van der Waals surface area contributed by atoms with Crippen molar-refractivity contribution in [2.75, 3.05) is 0 Å². The largest absolute Gasteiger partial charge is 0.516 e. The molecule has 14 heavy (non-hydrogen) atoms. The highest BCUT2D eigenvalue weighted by Gasteiger charge is 2.08. The zero-order valence-electron chi connectivity index (χ0n) is 7.44. The zero-order chi connectivity index (χ0) is 10.6. The molecule has 76 valence electrons. The number of hydrogen-bond acceptors (Lipinski definition) is 4. The number of halogens is 1.